The first-order chi connectivity index (χ1) is 9.06. The van der Waals surface area contributed by atoms with Gasteiger partial charge in [-0.3, -0.25) is 10.1 Å². The van der Waals surface area contributed by atoms with Crippen LogP contribution < -0.4 is 10.1 Å². The Bertz CT molecular complexity index is 578. The predicted octanol–water partition coefficient (Wildman–Crippen LogP) is 3.49. The molecule has 1 heterocycles. The molecule has 1 amide bonds. The maximum Gasteiger partial charge on any atom is 0.261 e. The molecule has 0 radical (unpaired) electrons. The van der Waals surface area contributed by atoms with Crippen LogP contribution in [0.3, 0.4) is 0 Å². The monoisotopic (exact) mass is 276 g/mol. The van der Waals surface area contributed by atoms with E-state index in [4.69, 9.17) is 4.74 Å². The number of thiazole rings is 1. The van der Waals surface area contributed by atoms with Gasteiger partial charge < -0.3 is 4.74 Å². The summed E-state index contributed by atoms with van der Waals surface area (Å²) in [6, 6.07) is 7.20. The molecule has 0 spiro atoms. The molecule has 1 aromatic heterocycles. The summed E-state index contributed by atoms with van der Waals surface area (Å²) < 4.78 is 5.63. The maximum atomic E-state index is 12.2. The third kappa shape index (κ3) is 3.54. The highest BCUT2D eigenvalue weighted by Crippen LogP contribution is 2.22. The van der Waals surface area contributed by atoms with Gasteiger partial charge in [0, 0.05) is 5.38 Å². The summed E-state index contributed by atoms with van der Waals surface area (Å²) in [5.41, 5.74) is 1.41. The fourth-order valence-corrected chi connectivity index (χ4v) is 2.27. The number of carbonyl (C=O) groups is 1. The van der Waals surface area contributed by atoms with Crippen LogP contribution in [0.1, 0.15) is 29.9 Å². The minimum Gasteiger partial charge on any atom is -0.490 e. The number of ether oxygens (including phenoxy) is 1. The molecule has 19 heavy (non-hydrogen) atoms. The number of nitrogens with zero attached hydrogens (tertiary/aromatic N) is 1. The Kier molecular flexibility index (Phi) is 4.16. The predicted molar refractivity (Wildman–Crippen MR) is 77.0 cm³/mol. The molecule has 0 aliphatic heterocycles. The first kappa shape index (κ1) is 13.5. The number of amides is 1. The van der Waals surface area contributed by atoms with Gasteiger partial charge in [0.1, 0.15) is 5.75 Å². The van der Waals surface area contributed by atoms with Gasteiger partial charge in [0.15, 0.2) is 5.13 Å². The number of rotatable bonds is 4. The molecule has 0 bridgehead atoms. The lowest BCUT2D eigenvalue weighted by molar-refractivity contribution is 0.102. The van der Waals surface area contributed by atoms with Crippen molar-refractivity contribution < 1.29 is 9.53 Å². The lowest BCUT2D eigenvalue weighted by Gasteiger charge is -2.13. The van der Waals surface area contributed by atoms with E-state index in [2.05, 4.69) is 10.3 Å². The molecule has 0 aliphatic carbocycles. The van der Waals surface area contributed by atoms with Gasteiger partial charge in [-0.15, -0.1) is 11.3 Å². The second-order valence-electron chi connectivity index (χ2n) is 4.41. The van der Waals surface area contributed by atoms with E-state index in [1.807, 2.05) is 38.3 Å². The molecular formula is C14H16N2O2S. The zero-order valence-electron chi connectivity index (χ0n) is 11.1. The molecule has 0 saturated carbocycles. The summed E-state index contributed by atoms with van der Waals surface area (Å²) in [6.07, 6.45) is 0.0241. The van der Waals surface area contributed by atoms with Gasteiger partial charge in [-0.2, -0.15) is 0 Å². The van der Waals surface area contributed by atoms with E-state index < -0.39 is 0 Å². The quantitative estimate of drug-likeness (QED) is 0.930. The molecule has 1 N–H and O–H groups in total. The minimum absolute atomic E-state index is 0.0241. The van der Waals surface area contributed by atoms with E-state index in [-0.39, 0.29) is 12.0 Å². The van der Waals surface area contributed by atoms with E-state index in [0.717, 1.165) is 5.69 Å². The number of hydrogen-bond donors (Lipinski definition) is 1. The number of carbonyl (C=O) groups excluding carboxylic acids is 1. The molecule has 0 aliphatic rings. The fourth-order valence-electron chi connectivity index (χ4n) is 1.59. The van der Waals surface area contributed by atoms with E-state index in [9.17, 15) is 4.79 Å². The average Bonchev–Trinajstić information content (AvgIpc) is 2.74. The number of benzene rings is 1. The van der Waals surface area contributed by atoms with Crippen LogP contribution in [0.4, 0.5) is 5.13 Å². The summed E-state index contributed by atoms with van der Waals surface area (Å²) in [5, 5.41) is 5.28. The Morgan fingerprint density at radius 2 is 2.11 bits per heavy atom. The third-order valence-corrected chi connectivity index (χ3v) is 3.21. The van der Waals surface area contributed by atoms with Crippen LogP contribution in [0.2, 0.25) is 0 Å². The molecule has 4 nitrogen and oxygen atoms in total. The smallest absolute Gasteiger partial charge is 0.261 e. The molecule has 100 valence electrons. The van der Waals surface area contributed by atoms with E-state index in [0.29, 0.717) is 16.4 Å². The van der Waals surface area contributed by atoms with Gasteiger partial charge in [-0.25, -0.2) is 4.98 Å². The molecule has 1 aromatic carbocycles. The summed E-state index contributed by atoms with van der Waals surface area (Å²) in [7, 11) is 0. The zero-order valence-corrected chi connectivity index (χ0v) is 12.0. The van der Waals surface area contributed by atoms with Crippen LogP contribution in [-0.4, -0.2) is 17.0 Å². The number of aryl methyl sites for hydroxylation is 1. The second kappa shape index (κ2) is 5.84. The Morgan fingerprint density at radius 1 is 1.37 bits per heavy atom. The van der Waals surface area contributed by atoms with Crippen molar-refractivity contribution in [1.29, 1.82) is 0 Å². The van der Waals surface area contributed by atoms with Crippen LogP contribution in [0, 0.1) is 6.92 Å². The van der Waals surface area contributed by atoms with Crippen LogP contribution in [0.25, 0.3) is 0 Å². The Hall–Kier alpha value is -1.88. The summed E-state index contributed by atoms with van der Waals surface area (Å²) in [6.45, 7) is 5.75. The van der Waals surface area contributed by atoms with Crippen molar-refractivity contribution in [2.24, 2.45) is 0 Å². The van der Waals surface area contributed by atoms with E-state index >= 15 is 0 Å². The highest BCUT2D eigenvalue weighted by molar-refractivity contribution is 7.13. The van der Waals surface area contributed by atoms with Gasteiger partial charge >= 0.3 is 0 Å². The molecular weight excluding hydrogens is 260 g/mol. The number of aromatic nitrogens is 1. The van der Waals surface area contributed by atoms with E-state index in [1.165, 1.54) is 11.3 Å². The van der Waals surface area contributed by atoms with Crippen molar-refractivity contribution >= 4 is 22.4 Å². The largest absolute Gasteiger partial charge is 0.490 e. The molecule has 2 rings (SSSR count). The summed E-state index contributed by atoms with van der Waals surface area (Å²) in [4.78, 5) is 16.4. The SMILES string of the molecule is Cc1csc(NC(=O)c2ccccc2OC(C)C)n1. The van der Waals surface area contributed by atoms with Crippen molar-refractivity contribution in [3.05, 3.63) is 40.9 Å². The molecule has 2 aromatic rings. The van der Waals surface area contributed by atoms with Gasteiger partial charge in [-0.1, -0.05) is 12.1 Å². The summed E-state index contributed by atoms with van der Waals surface area (Å²) >= 11 is 1.41. The highest BCUT2D eigenvalue weighted by Gasteiger charge is 2.14. The van der Waals surface area contributed by atoms with Gasteiger partial charge in [0.05, 0.1) is 17.4 Å². The summed E-state index contributed by atoms with van der Waals surface area (Å²) in [5.74, 6) is 0.383. The van der Waals surface area contributed by atoms with Crippen molar-refractivity contribution in [2.45, 2.75) is 26.9 Å². The van der Waals surface area contributed by atoms with Crippen LogP contribution in [0.5, 0.6) is 5.75 Å². The Labute approximate surface area is 116 Å². The molecule has 0 fully saturated rings. The average molecular weight is 276 g/mol. The maximum absolute atomic E-state index is 12.2. The van der Waals surface area contributed by atoms with Crippen molar-refractivity contribution in [1.82, 2.24) is 4.98 Å². The zero-order chi connectivity index (χ0) is 13.8. The van der Waals surface area contributed by atoms with Crippen molar-refractivity contribution in [3.63, 3.8) is 0 Å². The normalized spacial score (nSPS) is 10.5. The van der Waals surface area contributed by atoms with Crippen molar-refractivity contribution in [2.75, 3.05) is 5.32 Å². The first-order valence-electron chi connectivity index (χ1n) is 6.05. The fraction of sp³-hybridized carbons (Fsp3) is 0.286. The van der Waals surface area contributed by atoms with Crippen LogP contribution >= 0.6 is 11.3 Å². The number of anilines is 1. The molecule has 0 saturated heterocycles. The first-order valence-corrected chi connectivity index (χ1v) is 6.93. The molecule has 0 atom stereocenters. The molecule has 0 unspecified atom stereocenters. The van der Waals surface area contributed by atoms with Gasteiger partial charge in [-0.05, 0) is 32.9 Å². The number of hydrogen-bond acceptors (Lipinski definition) is 4. The highest BCUT2D eigenvalue weighted by atomic mass is 32.1. The third-order valence-electron chi connectivity index (χ3n) is 2.33. The van der Waals surface area contributed by atoms with Crippen molar-refractivity contribution in [3.8, 4) is 5.75 Å². The Morgan fingerprint density at radius 3 is 2.74 bits per heavy atom. The van der Waals surface area contributed by atoms with Crippen LogP contribution in [0.15, 0.2) is 29.6 Å². The minimum atomic E-state index is -0.203. The number of nitrogens with one attached hydrogen (secondary N) is 1. The topological polar surface area (TPSA) is 51.2 Å². The molecule has 5 heteroatoms. The Balaban J connectivity index is 2.18. The standard InChI is InChI=1S/C14H16N2O2S/c1-9(2)18-12-7-5-4-6-11(12)13(17)16-14-15-10(3)8-19-14/h4-9H,1-3H3,(H,15,16,17). The number of para-hydroxylation sites is 1. The van der Waals surface area contributed by atoms with E-state index in [1.54, 1.807) is 12.1 Å². The van der Waals surface area contributed by atoms with Crippen LogP contribution in [-0.2, 0) is 0 Å². The lowest BCUT2D eigenvalue weighted by atomic mass is 10.2. The van der Waals surface area contributed by atoms with Gasteiger partial charge in [0.25, 0.3) is 5.91 Å². The van der Waals surface area contributed by atoms with Gasteiger partial charge in [0.2, 0.25) is 0 Å². The lowest BCUT2D eigenvalue weighted by Crippen LogP contribution is -2.15. The second-order valence-corrected chi connectivity index (χ2v) is 5.27.